The number of carbonyl (C=O) groups excluding carboxylic acids is 1. The van der Waals surface area contributed by atoms with Crippen molar-refractivity contribution in [2.45, 2.75) is 19.4 Å². The number of aromatic nitrogens is 6. The van der Waals surface area contributed by atoms with E-state index in [9.17, 15) is 4.79 Å². The molecule has 2 heterocycles. The second-order valence-electron chi connectivity index (χ2n) is 7.54. The first-order valence-electron chi connectivity index (χ1n) is 10.3. The Morgan fingerprint density at radius 2 is 1.84 bits per heavy atom. The lowest BCUT2D eigenvalue weighted by Crippen LogP contribution is -2.30. The van der Waals surface area contributed by atoms with Crippen molar-refractivity contribution in [3.8, 4) is 5.69 Å². The Balaban J connectivity index is 1.45. The fourth-order valence-electron chi connectivity index (χ4n) is 3.69. The molecule has 0 fully saturated rings. The number of nitrogens with one attached hydrogen (secondary N) is 2. The Morgan fingerprint density at radius 1 is 1.03 bits per heavy atom. The quantitative estimate of drug-likeness (QED) is 0.435. The molecule has 158 valence electrons. The Hall–Kier alpha value is -4.33. The summed E-state index contributed by atoms with van der Waals surface area (Å²) in [5.41, 5.74) is 4.16. The molecule has 1 atom stereocenters. The van der Waals surface area contributed by atoms with Gasteiger partial charge in [0.1, 0.15) is 5.82 Å². The molecule has 0 aliphatic heterocycles. The summed E-state index contributed by atoms with van der Waals surface area (Å²) < 4.78 is 1.59. The number of H-pyrrole nitrogens is 1. The molecule has 0 bridgehead atoms. The topological polar surface area (TPSA) is 101 Å². The Bertz CT molecular complexity index is 1340. The minimum Gasteiger partial charge on any atom is -0.342 e. The zero-order chi connectivity index (χ0) is 21.9. The van der Waals surface area contributed by atoms with Crippen LogP contribution < -0.4 is 5.32 Å². The molecule has 0 radical (unpaired) electrons. The Morgan fingerprint density at radius 3 is 2.62 bits per heavy atom. The highest BCUT2D eigenvalue weighted by atomic mass is 16.1. The highest BCUT2D eigenvalue weighted by molar-refractivity contribution is 5.95. The van der Waals surface area contributed by atoms with Gasteiger partial charge in [0, 0.05) is 5.56 Å². The van der Waals surface area contributed by atoms with E-state index in [-0.39, 0.29) is 11.9 Å². The Labute approximate surface area is 184 Å². The van der Waals surface area contributed by atoms with Gasteiger partial charge in [0.15, 0.2) is 5.82 Å². The van der Waals surface area contributed by atoms with Crippen molar-refractivity contribution in [3.63, 3.8) is 0 Å². The van der Waals surface area contributed by atoms with Gasteiger partial charge >= 0.3 is 0 Å². The van der Waals surface area contributed by atoms with Crippen LogP contribution in [-0.4, -0.2) is 36.1 Å². The van der Waals surface area contributed by atoms with Crippen LogP contribution in [0.3, 0.4) is 0 Å². The number of fused-ring (bicyclic) bond motifs is 1. The number of hydrogen-bond donors (Lipinski definition) is 2. The molecule has 2 aromatic heterocycles. The summed E-state index contributed by atoms with van der Waals surface area (Å²) in [6, 6.07) is 24.8. The second kappa shape index (κ2) is 8.43. The largest absolute Gasteiger partial charge is 0.342 e. The zero-order valence-electron chi connectivity index (χ0n) is 17.4. The van der Waals surface area contributed by atoms with Gasteiger partial charge in [0.05, 0.1) is 22.8 Å². The van der Waals surface area contributed by atoms with Gasteiger partial charge in [-0.3, -0.25) is 4.79 Å². The maximum Gasteiger partial charge on any atom is 0.251 e. The van der Waals surface area contributed by atoms with Gasteiger partial charge < -0.3 is 10.3 Å². The van der Waals surface area contributed by atoms with Crippen molar-refractivity contribution in [1.82, 2.24) is 35.5 Å². The molecule has 8 heteroatoms. The molecule has 8 nitrogen and oxygen atoms in total. The number of imidazole rings is 1. The third-order valence-electron chi connectivity index (χ3n) is 5.30. The second-order valence-corrected chi connectivity index (χ2v) is 7.54. The van der Waals surface area contributed by atoms with Gasteiger partial charge in [-0.2, -0.15) is 4.68 Å². The van der Waals surface area contributed by atoms with Crippen molar-refractivity contribution < 1.29 is 4.79 Å². The van der Waals surface area contributed by atoms with Crippen molar-refractivity contribution in [2.24, 2.45) is 0 Å². The number of aryl methyl sites for hydroxylation is 1. The number of nitrogens with zero attached hydrogens (tertiary/aromatic N) is 5. The fraction of sp³-hybridized carbons (Fsp3) is 0.125. The number of amides is 1. The lowest BCUT2D eigenvalue weighted by Gasteiger charge is -2.17. The molecule has 0 spiro atoms. The molecule has 0 aliphatic carbocycles. The predicted octanol–water partition coefficient (Wildman–Crippen LogP) is 3.56. The standard InChI is InChI=1S/C24H21N7O/c1-16-28-29-30-31(16)19-11-7-10-18(15-19)24(32)27-22(14-17-8-3-2-4-9-17)23-25-20-12-5-6-13-21(20)26-23/h2-13,15,22H,14H2,1H3,(H,25,26)(H,27,32)/t22-/m0/s1. The average molecular weight is 423 g/mol. The molecule has 0 unspecified atom stereocenters. The van der Waals surface area contributed by atoms with Crippen molar-refractivity contribution in [2.75, 3.05) is 0 Å². The number of benzene rings is 3. The van der Waals surface area contributed by atoms with Gasteiger partial charge in [-0.05, 0) is 59.7 Å². The van der Waals surface area contributed by atoms with E-state index >= 15 is 0 Å². The molecule has 0 saturated carbocycles. The van der Waals surface area contributed by atoms with Gasteiger partial charge in [0.2, 0.25) is 0 Å². The third kappa shape index (κ3) is 3.98. The van der Waals surface area contributed by atoms with Crippen LogP contribution >= 0.6 is 0 Å². The molecule has 1 amide bonds. The normalized spacial score (nSPS) is 12.0. The van der Waals surface area contributed by atoms with Crippen LogP contribution in [0.15, 0.2) is 78.9 Å². The summed E-state index contributed by atoms with van der Waals surface area (Å²) in [4.78, 5) is 21.3. The maximum atomic E-state index is 13.2. The van der Waals surface area contributed by atoms with E-state index in [2.05, 4.69) is 25.8 Å². The summed E-state index contributed by atoms with van der Waals surface area (Å²) in [6.45, 7) is 1.81. The number of aromatic amines is 1. The molecule has 0 aliphatic rings. The van der Waals surface area contributed by atoms with Gasteiger partial charge in [0.25, 0.3) is 5.91 Å². The number of hydrogen-bond acceptors (Lipinski definition) is 5. The van der Waals surface area contributed by atoms with E-state index in [4.69, 9.17) is 4.98 Å². The SMILES string of the molecule is Cc1nnnn1-c1cccc(C(=O)N[C@@H](Cc2ccccc2)c2nc3ccccc3[nH]2)c1. The van der Waals surface area contributed by atoms with E-state index in [1.54, 1.807) is 16.8 Å². The van der Waals surface area contributed by atoms with Crippen LogP contribution in [0.5, 0.6) is 0 Å². The minimum atomic E-state index is -0.323. The van der Waals surface area contributed by atoms with Crippen molar-refractivity contribution >= 4 is 16.9 Å². The van der Waals surface area contributed by atoms with Crippen LogP contribution in [0, 0.1) is 6.92 Å². The highest BCUT2D eigenvalue weighted by Gasteiger charge is 2.20. The predicted molar refractivity (Wildman–Crippen MR) is 120 cm³/mol. The van der Waals surface area contributed by atoms with Crippen molar-refractivity contribution in [1.29, 1.82) is 0 Å². The number of rotatable bonds is 6. The van der Waals surface area contributed by atoms with Gasteiger partial charge in [-0.25, -0.2) is 4.98 Å². The van der Waals surface area contributed by atoms with Gasteiger partial charge in [-0.1, -0.05) is 48.5 Å². The minimum absolute atomic E-state index is 0.195. The molecular formula is C24H21N7O. The van der Waals surface area contributed by atoms with E-state index in [1.807, 2.05) is 73.7 Å². The fourth-order valence-corrected chi connectivity index (χ4v) is 3.69. The van der Waals surface area contributed by atoms with Crippen LogP contribution in [0.1, 0.15) is 33.6 Å². The number of tetrazole rings is 1. The molecule has 3 aromatic carbocycles. The van der Waals surface area contributed by atoms with Crippen LogP contribution in [-0.2, 0) is 6.42 Å². The summed E-state index contributed by atoms with van der Waals surface area (Å²) in [7, 11) is 0. The molecule has 32 heavy (non-hydrogen) atoms. The van der Waals surface area contributed by atoms with Crippen molar-refractivity contribution in [3.05, 3.63) is 102 Å². The van der Waals surface area contributed by atoms with E-state index < -0.39 is 0 Å². The average Bonchev–Trinajstić information content (AvgIpc) is 3.45. The van der Waals surface area contributed by atoms with Crippen LogP contribution in [0.4, 0.5) is 0 Å². The highest BCUT2D eigenvalue weighted by Crippen LogP contribution is 2.21. The van der Waals surface area contributed by atoms with Gasteiger partial charge in [-0.15, -0.1) is 5.10 Å². The first kappa shape index (κ1) is 19.6. The van der Waals surface area contributed by atoms with Crippen LogP contribution in [0.2, 0.25) is 0 Å². The number of para-hydroxylation sites is 2. The lowest BCUT2D eigenvalue weighted by molar-refractivity contribution is 0.0935. The Kier molecular flexibility index (Phi) is 5.17. The van der Waals surface area contributed by atoms with E-state index in [0.29, 0.717) is 17.8 Å². The lowest BCUT2D eigenvalue weighted by atomic mass is 10.0. The zero-order valence-corrected chi connectivity index (χ0v) is 17.4. The first-order valence-corrected chi connectivity index (χ1v) is 10.3. The monoisotopic (exact) mass is 423 g/mol. The molecule has 2 N–H and O–H groups in total. The molecular weight excluding hydrogens is 402 g/mol. The van der Waals surface area contributed by atoms with Crippen LogP contribution in [0.25, 0.3) is 16.7 Å². The molecule has 5 rings (SSSR count). The first-order chi connectivity index (χ1) is 15.7. The molecule has 0 saturated heterocycles. The number of carbonyl (C=O) groups is 1. The molecule has 5 aromatic rings. The third-order valence-corrected chi connectivity index (χ3v) is 5.30. The summed E-state index contributed by atoms with van der Waals surface area (Å²) in [5, 5.41) is 14.7. The van der Waals surface area contributed by atoms with E-state index in [0.717, 1.165) is 28.1 Å². The summed E-state index contributed by atoms with van der Waals surface area (Å²) >= 11 is 0. The summed E-state index contributed by atoms with van der Waals surface area (Å²) in [5.74, 6) is 1.17. The van der Waals surface area contributed by atoms with E-state index in [1.165, 1.54) is 0 Å². The maximum absolute atomic E-state index is 13.2. The smallest absolute Gasteiger partial charge is 0.251 e. The summed E-state index contributed by atoms with van der Waals surface area (Å²) in [6.07, 6.45) is 0.609.